The summed E-state index contributed by atoms with van der Waals surface area (Å²) in [5.41, 5.74) is 0.0538. The number of piperazine rings is 1. The van der Waals surface area contributed by atoms with Gasteiger partial charge in [0, 0.05) is 45.2 Å². The fourth-order valence-corrected chi connectivity index (χ4v) is 6.73. The molecule has 0 aromatic heterocycles. The van der Waals surface area contributed by atoms with E-state index in [0.717, 1.165) is 37.8 Å². The Hall–Kier alpha value is -3.14. The van der Waals surface area contributed by atoms with Crippen molar-refractivity contribution in [2.45, 2.75) is 88.4 Å². The number of aliphatic hydroxyl groups is 1. The number of hydrogen-bond donors (Lipinski definition) is 3. The molecule has 3 aliphatic rings. The average Bonchev–Trinajstić information content (AvgIpc) is 3.43. The number of likely N-dealkylation sites (tertiary alicyclic amines) is 1. The molecule has 234 valence electrons. The molecule has 1 saturated carbocycles. The lowest BCUT2D eigenvalue weighted by atomic mass is 9.80. The number of hydrogen-bond acceptors (Lipinski definition) is 6. The first kappa shape index (κ1) is 32.8. The van der Waals surface area contributed by atoms with Crippen LogP contribution in [0.2, 0.25) is 0 Å². The maximum Gasteiger partial charge on any atom is 0.251 e. The van der Waals surface area contributed by atoms with Gasteiger partial charge < -0.3 is 25.4 Å². The van der Waals surface area contributed by atoms with Crippen molar-refractivity contribution in [3.63, 3.8) is 0 Å². The molecule has 43 heavy (non-hydrogen) atoms. The Bertz CT molecular complexity index is 1260. The third-order valence-electron chi connectivity index (χ3n) is 9.25. The second kappa shape index (κ2) is 14.1. The van der Waals surface area contributed by atoms with Crippen LogP contribution >= 0.6 is 12.4 Å². The number of piperidine rings is 1. The van der Waals surface area contributed by atoms with Gasteiger partial charge in [-0.25, -0.2) is 0 Å². The van der Waals surface area contributed by atoms with Crippen molar-refractivity contribution in [3.8, 4) is 11.5 Å². The molecule has 1 atom stereocenters. The van der Waals surface area contributed by atoms with E-state index in [-0.39, 0.29) is 30.1 Å². The van der Waals surface area contributed by atoms with E-state index in [2.05, 4.69) is 22.5 Å². The maximum atomic E-state index is 13.7. The van der Waals surface area contributed by atoms with Crippen LogP contribution in [0.15, 0.2) is 48.5 Å². The van der Waals surface area contributed by atoms with Crippen LogP contribution in [0, 0.1) is 0 Å². The molecule has 2 aromatic carbocycles. The highest BCUT2D eigenvalue weighted by atomic mass is 35.5. The lowest BCUT2D eigenvalue weighted by molar-refractivity contribution is -0.163. The van der Waals surface area contributed by atoms with Crippen LogP contribution < -0.4 is 15.4 Å². The first-order valence-electron chi connectivity index (χ1n) is 15.4. The molecule has 0 unspecified atom stereocenters. The summed E-state index contributed by atoms with van der Waals surface area (Å²) in [6, 6.07) is 14.3. The number of amides is 3. The van der Waals surface area contributed by atoms with Crippen LogP contribution in [0.5, 0.6) is 11.5 Å². The largest absolute Gasteiger partial charge is 0.457 e. The summed E-state index contributed by atoms with van der Waals surface area (Å²) in [6.45, 7) is 4.86. The average molecular weight is 613 g/mol. The number of halogens is 1. The van der Waals surface area contributed by atoms with E-state index in [1.165, 1.54) is 0 Å². The quantitative estimate of drug-likeness (QED) is 0.366. The van der Waals surface area contributed by atoms with Gasteiger partial charge in [0.2, 0.25) is 11.8 Å². The Balaban J connectivity index is 0.00000423. The normalized spacial score (nSPS) is 21.3. The zero-order chi connectivity index (χ0) is 29.7. The van der Waals surface area contributed by atoms with Crippen molar-refractivity contribution in [1.29, 1.82) is 0 Å². The highest BCUT2D eigenvalue weighted by Gasteiger charge is 2.54. The third kappa shape index (κ3) is 7.33. The van der Waals surface area contributed by atoms with E-state index in [1.807, 2.05) is 29.2 Å². The minimum absolute atomic E-state index is 0. The van der Waals surface area contributed by atoms with Gasteiger partial charge in [-0.05, 0) is 74.1 Å². The molecular weight excluding hydrogens is 568 g/mol. The Morgan fingerprint density at radius 2 is 1.60 bits per heavy atom. The number of nitrogens with one attached hydrogen (secondary N) is 2. The highest BCUT2D eigenvalue weighted by molar-refractivity contribution is 6.00. The van der Waals surface area contributed by atoms with Gasteiger partial charge in [0.25, 0.3) is 5.91 Å². The molecule has 1 aliphatic carbocycles. The summed E-state index contributed by atoms with van der Waals surface area (Å²) in [5.74, 6) is 1.14. The number of carbonyl (C=O) groups excluding carboxylic acids is 3. The van der Waals surface area contributed by atoms with Crippen LogP contribution in [0.3, 0.4) is 0 Å². The van der Waals surface area contributed by atoms with Crippen molar-refractivity contribution in [2.24, 2.45) is 0 Å². The van der Waals surface area contributed by atoms with Crippen LogP contribution in [0.1, 0.15) is 80.6 Å². The number of nitrogens with zero attached hydrogens (tertiary/aromatic N) is 2. The second-order valence-electron chi connectivity index (χ2n) is 12.2. The standard InChI is InChI=1S/C33H44N4O5.ClH/c1-3-4-19-37-30(39)28(22-32(41)15-5-6-16-32)35-31(40)33(37)17-20-36(21-18-33)23-24-7-11-26(12-8-24)42-27-13-9-25(10-14-27)29(38)34-2;/h7-14,28,41H,3-6,15-23H2,1-2H3,(H,34,38)(H,35,40);1H/t28-;/m1./s1. The highest BCUT2D eigenvalue weighted by Crippen LogP contribution is 2.38. The van der Waals surface area contributed by atoms with Gasteiger partial charge in [0.1, 0.15) is 23.1 Å². The van der Waals surface area contributed by atoms with Gasteiger partial charge in [-0.2, -0.15) is 0 Å². The predicted molar refractivity (Wildman–Crippen MR) is 167 cm³/mol. The number of carbonyl (C=O) groups is 3. The topological polar surface area (TPSA) is 111 Å². The van der Waals surface area contributed by atoms with Crippen LogP contribution in [-0.4, -0.2) is 76.5 Å². The van der Waals surface area contributed by atoms with Gasteiger partial charge in [-0.15, -0.1) is 12.4 Å². The van der Waals surface area contributed by atoms with Gasteiger partial charge in [0.05, 0.1) is 5.60 Å². The van der Waals surface area contributed by atoms with Crippen molar-refractivity contribution in [1.82, 2.24) is 20.4 Å². The molecule has 3 N–H and O–H groups in total. The molecule has 9 nitrogen and oxygen atoms in total. The minimum Gasteiger partial charge on any atom is -0.457 e. The smallest absolute Gasteiger partial charge is 0.251 e. The summed E-state index contributed by atoms with van der Waals surface area (Å²) < 4.78 is 5.95. The molecule has 1 spiro atoms. The third-order valence-corrected chi connectivity index (χ3v) is 9.25. The second-order valence-corrected chi connectivity index (χ2v) is 12.2. The molecular formula is C33H45ClN4O5. The van der Waals surface area contributed by atoms with E-state index in [4.69, 9.17) is 4.74 Å². The van der Waals surface area contributed by atoms with Crippen molar-refractivity contribution < 1.29 is 24.2 Å². The Morgan fingerprint density at radius 1 is 1.00 bits per heavy atom. The molecule has 5 rings (SSSR count). The SMILES string of the molecule is CCCCN1C(=O)[C@@H](CC2(O)CCCC2)NC(=O)C12CCN(Cc1ccc(Oc3ccc(C(=O)NC)cc3)cc1)CC2.Cl. The zero-order valence-corrected chi connectivity index (χ0v) is 26.1. The molecule has 10 heteroatoms. The number of rotatable bonds is 10. The molecule has 2 heterocycles. The van der Waals surface area contributed by atoms with Crippen LogP contribution in [0.4, 0.5) is 0 Å². The summed E-state index contributed by atoms with van der Waals surface area (Å²) in [7, 11) is 1.60. The maximum absolute atomic E-state index is 13.7. The monoisotopic (exact) mass is 612 g/mol. The van der Waals surface area contributed by atoms with Crippen LogP contribution in [-0.2, 0) is 16.1 Å². The first-order valence-corrected chi connectivity index (χ1v) is 15.4. The molecule has 0 bridgehead atoms. The lowest BCUT2D eigenvalue weighted by Crippen LogP contribution is -2.73. The molecule has 3 fully saturated rings. The summed E-state index contributed by atoms with van der Waals surface area (Å²) in [4.78, 5) is 43.3. The molecule has 0 radical (unpaired) electrons. The molecule has 2 aliphatic heterocycles. The minimum atomic E-state index is -0.851. The van der Waals surface area contributed by atoms with Crippen molar-refractivity contribution >= 4 is 30.1 Å². The van der Waals surface area contributed by atoms with Gasteiger partial charge in [-0.3, -0.25) is 19.3 Å². The predicted octanol–water partition coefficient (Wildman–Crippen LogP) is 4.42. The Kier molecular flexibility index (Phi) is 10.7. The van der Waals surface area contributed by atoms with Gasteiger partial charge >= 0.3 is 0 Å². The van der Waals surface area contributed by atoms with E-state index < -0.39 is 17.2 Å². The molecule has 3 amide bonds. The summed E-state index contributed by atoms with van der Waals surface area (Å²) in [5, 5.41) is 16.6. The number of unbranched alkanes of at least 4 members (excludes halogenated alkanes) is 1. The fraction of sp³-hybridized carbons (Fsp3) is 0.545. The summed E-state index contributed by atoms with van der Waals surface area (Å²) in [6.07, 6.45) is 6.63. The molecule has 2 saturated heterocycles. The number of ether oxygens (including phenoxy) is 1. The fourth-order valence-electron chi connectivity index (χ4n) is 6.73. The zero-order valence-electron chi connectivity index (χ0n) is 25.3. The molecule has 2 aromatic rings. The first-order chi connectivity index (χ1) is 20.2. The van der Waals surface area contributed by atoms with E-state index in [0.29, 0.717) is 68.8 Å². The van der Waals surface area contributed by atoms with Gasteiger partial charge in [0.15, 0.2) is 0 Å². The lowest BCUT2D eigenvalue weighted by Gasteiger charge is -2.52. The Morgan fingerprint density at radius 3 is 2.19 bits per heavy atom. The summed E-state index contributed by atoms with van der Waals surface area (Å²) >= 11 is 0. The van der Waals surface area contributed by atoms with E-state index in [1.54, 1.807) is 31.3 Å². The van der Waals surface area contributed by atoms with Crippen LogP contribution in [0.25, 0.3) is 0 Å². The van der Waals surface area contributed by atoms with E-state index in [9.17, 15) is 19.5 Å². The van der Waals surface area contributed by atoms with Crippen molar-refractivity contribution in [2.75, 3.05) is 26.7 Å². The number of benzene rings is 2. The Labute approximate surface area is 260 Å². The van der Waals surface area contributed by atoms with Crippen molar-refractivity contribution in [3.05, 3.63) is 59.7 Å². The van der Waals surface area contributed by atoms with Gasteiger partial charge in [-0.1, -0.05) is 38.3 Å². The van der Waals surface area contributed by atoms with E-state index >= 15 is 0 Å².